The summed E-state index contributed by atoms with van der Waals surface area (Å²) in [5.41, 5.74) is 0.820. The van der Waals surface area contributed by atoms with E-state index < -0.39 is 24.5 Å². The molecule has 0 unspecified atom stereocenters. The van der Waals surface area contributed by atoms with E-state index in [1.165, 1.54) is 6.08 Å². The molecule has 22 heavy (non-hydrogen) atoms. The molecule has 3 amide bonds. The Balaban J connectivity index is 1.92. The Labute approximate surface area is 125 Å². The fourth-order valence-electron chi connectivity index (χ4n) is 2.31. The Morgan fingerprint density at radius 3 is 2.59 bits per heavy atom. The normalized spacial score (nSPS) is 16.4. The molecule has 6 heteroatoms. The molecule has 0 bridgehead atoms. The number of fused-ring (bicyclic) bond motifs is 1. The summed E-state index contributed by atoms with van der Waals surface area (Å²) in [5.74, 6) is -1.88. The third-order valence-corrected chi connectivity index (χ3v) is 3.34. The van der Waals surface area contributed by atoms with Gasteiger partial charge in [-0.3, -0.25) is 9.59 Å². The van der Waals surface area contributed by atoms with E-state index in [4.69, 9.17) is 5.11 Å². The van der Waals surface area contributed by atoms with Crippen molar-refractivity contribution in [1.82, 2.24) is 10.2 Å². The van der Waals surface area contributed by atoms with Gasteiger partial charge in [-0.15, -0.1) is 0 Å². The van der Waals surface area contributed by atoms with Crippen molar-refractivity contribution in [2.75, 3.05) is 6.54 Å². The number of aliphatic carboxylic acids is 1. The topological polar surface area (TPSA) is 86.7 Å². The van der Waals surface area contributed by atoms with Crippen LogP contribution in [0, 0.1) is 0 Å². The van der Waals surface area contributed by atoms with Crippen LogP contribution in [0.1, 0.15) is 5.56 Å². The van der Waals surface area contributed by atoms with E-state index in [0.29, 0.717) is 4.90 Å². The van der Waals surface area contributed by atoms with Gasteiger partial charge in [-0.05, 0) is 28.5 Å². The summed E-state index contributed by atoms with van der Waals surface area (Å²) in [6.45, 7) is -0.653. The molecule has 1 aliphatic heterocycles. The highest BCUT2D eigenvalue weighted by Crippen LogP contribution is 2.19. The predicted octanol–water partition coefficient (Wildman–Crippen LogP) is 1.82. The molecule has 1 fully saturated rings. The zero-order chi connectivity index (χ0) is 15.7. The summed E-state index contributed by atoms with van der Waals surface area (Å²) in [6, 6.07) is 12.7. The zero-order valence-electron chi connectivity index (χ0n) is 11.4. The number of carbonyl (C=O) groups is 3. The number of nitrogens with one attached hydrogen (secondary N) is 1. The first kappa shape index (κ1) is 13.8. The average molecular weight is 296 g/mol. The molecule has 3 rings (SSSR count). The van der Waals surface area contributed by atoms with Crippen molar-refractivity contribution in [2.45, 2.75) is 0 Å². The number of urea groups is 1. The molecule has 1 saturated heterocycles. The lowest BCUT2D eigenvalue weighted by molar-refractivity contribution is -0.140. The smallest absolute Gasteiger partial charge is 0.329 e. The van der Waals surface area contributed by atoms with Gasteiger partial charge in [-0.2, -0.15) is 0 Å². The summed E-state index contributed by atoms with van der Waals surface area (Å²) in [6.07, 6.45) is 1.54. The van der Waals surface area contributed by atoms with E-state index in [-0.39, 0.29) is 5.70 Å². The van der Waals surface area contributed by atoms with Crippen LogP contribution in [0.3, 0.4) is 0 Å². The standard InChI is InChI=1S/C16H12N2O4/c19-14(20)9-18-15(21)13(17-16(18)22)8-10-5-6-11-3-1-2-4-12(11)7-10/h1-8H,9H2,(H,17,22)(H,19,20)/b13-8+. The zero-order valence-corrected chi connectivity index (χ0v) is 11.4. The largest absolute Gasteiger partial charge is 0.480 e. The van der Waals surface area contributed by atoms with Crippen molar-refractivity contribution in [3.8, 4) is 0 Å². The first-order valence-electron chi connectivity index (χ1n) is 6.60. The molecular weight excluding hydrogens is 284 g/mol. The maximum absolute atomic E-state index is 12.0. The van der Waals surface area contributed by atoms with E-state index in [2.05, 4.69) is 5.32 Å². The molecule has 0 aliphatic carbocycles. The third-order valence-electron chi connectivity index (χ3n) is 3.34. The van der Waals surface area contributed by atoms with E-state index in [1.54, 1.807) is 0 Å². The van der Waals surface area contributed by atoms with Crippen LogP contribution in [0.2, 0.25) is 0 Å². The molecule has 2 aromatic rings. The predicted molar refractivity (Wildman–Crippen MR) is 79.8 cm³/mol. The van der Waals surface area contributed by atoms with Crippen molar-refractivity contribution in [3.63, 3.8) is 0 Å². The average Bonchev–Trinajstić information content (AvgIpc) is 2.74. The van der Waals surface area contributed by atoms with Crippen molar-refractivity contribution in [2.24, 2.45) is 0 Å². The van der Waals surface area contributed by atoms with Gasteiger partial charge in [0.25, 0.3) is 5.91 Å². The molecule has 2 N–H and O–H groups in total. The molecule has 2 aromatic carbocycles. The van der Waals surface area contributed by atoms with Gasteiger partial charge in [0.05, 0.1) is 0 Å². The first-order valence-corrected chi connectivity index (χ1v) is 6.60. The number of carboxylic acids is 1. The molecule has 6 nitrogen and oxygen atoms in total. The maximum Gasteiger partial charge on any atom is 0.329 e. The summed E-state index contributed by atoms with van der Waals surface area (Å²) >= 11 is 0. The Morgan fingerprint density at radius 2 is 1.86 bits per heavy atom. The van der Waals surface area contributed by atoms with Crippen LogP contribution in [0.15, 0.2) is 48.2 Å². The Kier molecular flexibility index (Phi) is 3.34. The van der Waals surface area contributed by atoms with E-state index >= 15 is 0 Å². The number of amides is 3. The van der Waals surface area contributed by atoms with Crippen LogP contribution in [-0.2, 0) is 9.59 Å². The molecule has 110 valence electrons. The van der Waals surface area contributed by atoms with Gasteiger partial charge in [0, 0.05) is 0 Å². The summed E-state index contributed by atoms with van der Waals surface area (Å²) < 4.78 is 0. The minimum Gasteiger partial charge on any atom is -0.480 e. The summed E-state index contributed by atoms with van der Waals surface area (Å²) in [7, 11) is 0. The highest BCUT2D eigenvalue weighted by molar-refractivity contribution is 6.15. The summed E-state index contributed by atoms with van der Waals surface area (Å²) in [5, 5.41) is 13.2. The highest BCUT2D eigenvalue weighted by Gasteiger charge is 2.34. The van der Waals surface area contributed by atoms with Gasteiger partial charge in [0.15, 0.2) is 0 Å². The molecule has 0 aromatic heterocycles. The monoisotopic (exact) mass is 296 g/mol. The van der Waals surface area contributed by atoms with Crippen LogP contribution in [0.25, 0.3) is 16.8 Å². The Hall–Kier alpha value is -3.15. The van der Waals surface area contributed by atoms with Crippen molar-refractivity contribution in [3.05, 3.63) is 53.7 Å². The highest BCUT2D eigenvalue weighted by atomic mass is 16.4. The van der Waals surface area contributed by atoms with Crippen molar-refractivity contribution >= 4 is 34.8 Å². The van der Waals surface area contributed by atoms with E-state index in [9.17, 15) is 14.4 Å². The van der Waals surface area contributed by atoms with Gasteiger partial charge in [-0.1, -0.05) is 36.4 Å². The second kappa shape index (κ2) is 5.33. The van der Waals surface area contributed by atoms with Gasteiger partial charge in [0.1, 0.15) is 12.2 Å². The minimum absolute atomic E-state index is 0.0709. The Morgan fingerprint density at radius 1 is 1.14 bits per heavy atom. The molecule has 0 saturated carbocycles. The number of carboxylic acid groups (broad SMARTS) is 1. The molecule has 0 atom stereocenters. The van der Waals surface area contributed by atoms with Gasteiger partial charge in [0.2, 0.25) is 0 Å². The van der Waals surface area contributed by atoms with Crippen molar-refractivity contribution < 1.29 is 19.5 Å². The van der Waals surface area contributed by atoms with Crippen LogP contribution in [-0.4, -0.2) is 34.5 Å². The van der Waals surface area contributed by atoms with Crippen molar-refractivity contribution in [1.29, 1.82) is 0 Å². The fraction of sp³-hybridized carbons (Fsp3) is 0.0625. The molecule has 0 spiro atoms. The second-order valence-electron chi connectivity index (χ2n) is 4.88. The number of hydrogen-bond acceptors (Lipinski definition) is 3. The first-order chi connectivity index (χ1) is 10.5. The number of imide groups is 1. The summed E-state index contributed by atoms with van der Waals surface area (Å²) in [4.78, 5) is 35.0. The van der Waals surface area contributed by atoms with Crippen LogP contribution >= 0.6 is 0 Å². The third kappa shape index (κ3) is 2.54. The molecule has 1 aliphatic rings. The number of hydrogen-bond donors (Lipinski definition) is 2. The number of carbonyl (C=O) groups excluding carboxylic acids is 2. The van der Waals surface area contributed by atoms with Gasteiger partial charge < -0.3 is 10.4 Å². The maximum atomic E-state index is 12.0. The van der Waals surface area contributed by atoms with Gasteiger partial charge in [-0.25, -0.2) is 9.69 Å². The van der Waals surface area contributed by atoms with E-state index in [1.807, 2.05) is 42.5 Å². The number of benzene rings is 2. The lowest BCUT2D eigenvalue weighted by Gasteiger charge is -2.06. The van der Waals surface area contributed by atoms with Crippen LogP contribution in [0.4, 0.5) is 4.79 Å². The van der Waals surface area contributed by atoms with Gasteiger partial charge >= 0.3 is 12.0 Å². The molecule has 1 heterocycles. The lowest BCUT2D eigenvalue weighted by atomic mass is 10.1. The van der Waals surface area contributed by atoms with E-state index in [0.717, 1.165) is 16.3 Å². The molecule has 0 radical (unpaired) electrons. The SMILES string of the molecule is O=C(O)CN1C(=O)N/C(=C/c2ccc3ccccc3c2)C1=O. The fourth-order valence-corrected chi connectivity index (χ4v) is 2.31. The number of rotatable bonds is 3. The second-order valence-corrected chi connectivity index (χ2v) is 4.88. The lowest BCUT2D eigenvalue weighted by Crippen LogP contribution is -2.35. The Bertz CT molecular complexity index is 826. The van der Waals surface area contributed by atoms with Crippen LogP contribution < -0.4 is 5.32 Å². The number of nitrogens with zero attached hydrogens (tertiary/aromatic N) is 1. The van der Waals surface area contributed by atoms with Crippen LogP contribution in [0.5, 0.6) is 0 Å². The minimum atomic E-state index is -1.24. The molecular formula is C16H12N2O4. The quantitative estimate of drug-likeness (QED) is 0.668.